The Balaban J connectivity index is 2.19. The highest BCUT2D eigenvalue weighted by Crippen LogP contribution is 2.28. The topological polar surface area (TPSA) is 95.6 Å². The van der Waals surface area contributed by atoms with Gasteiger partial charge in [0.2, 0.25) is 0 Å². The minimum atomic E-state index is 0.572. The number of hydrogen-bond donors (Lipinski definition) is 2. The maximum atomic E-state index is 5.84. The first-order chi connectivity index (χ1) is 10.0. The van der Waals surface area contributed by atoms with Crippen molar-refractivity contribution in [1.29, 1.82) is 0 Å². The lowest BCUT2D eigenvalue weighted by Gasteiger charge is -2.09. The molecule has 0 saturated heterocycles. The molecule has 0 radical (unpaired) electrons. The lowest BCUT2D eigenvalue weighted by Crippen LogP contribution is -2.02. The first-order valence-corrected chi connectivity index (χ1v) is 7.05. The third-order valence-electron chi connectivity index (χ3n) is 3.04. The Morgan fingerprint density at radius 2 is 1.76 bits per heavy atom. The zero-order valence-electron chi connectivity index (χ0n) is 11.3. The second-order valence-corrected chi connectivity index (χ2v) is 5.61. The molecule has 0 aliphatic carbocycles. The van der Waals surface area contributed by atoms with Gasteiger partial charge in [-0.3, -0.25) is 0 Å². The van der Waals surface area contributed by atoms with Gasteiger partial charge in [0.1, 0.15) is 0 Å². The van der Waals surface area contributed by atoms with Crippen LogP contribution in [0.4, 0.5) is 11.4 Å². The van der Waals surface area contributed by atoms with E-state index in [1.54, 1.807) is 22.9 Å². The average Bonchev–Trinajstić information content (AvgIpc) is 2.89. The lowest BCUT2D eigenvalue weighted by molar-refractivity contribution is 0.788. The molecule has 3 aromatic rings. The van der Waals surface area contributed by atoms with Crippen molar-refractivity contribution in [3.05, 3.63) is 46.4 Å². The Labute approximate surface area is 129 Å². The molecule has 3 rings (SSSR count). The van der Waals surface area contributed by atoms with Crippen LogP contribution in [0, 0.1) is 6.92 Å². The first kappa shape index (κ1) is 13.6. The summed E-state index contributed by atoms with van der Waals surface area (Å²) in [5.41, 5.74) is 15.6. The highest BCUT2D eigenvalue weighted by Gasteiger charge is 2.14. The molecule has 6 nitrogen and oxygen atoms in total. The van der Waals surface area contributed by atoms with Gasteiger partial charge in [-0.15, -0.1) is 5.10 Å². The smallest absolute Gasteiger partial charge is 0.187 e. The molecule has 0 saturated carbocycles. The molecule has 0 fully saturated rings. The number of halogens is 1. The van der Waals surface area contributed by atoms with E-state index in [9.17, 15) is 0 Å². The number of nitrogens with zero attached hydrogens (tertiary/aromatic N) is 4. The van der Waals surface area contributed by atoms with E-state index >= 15 is 0 Å². The van der Waals surface area contributed by atoms with Crippen LogP contribution in [0.1, 0.15) is 5.56 Å². The number of tetrazole rings is 1. The average molecular weight is 345 g/mol. The predicted molar refractivity (Wildman–Crippen MR) is 85.9 cm³/mol. The molecular formula is C14H13BrN6. The van der Waals surface area contributed by atoms with Gasteiger partial charge >= 0.3 is 0 Å². The van der Waals surface area contributed by atoms with Crippen LogP contribution in [-0.2, 0) is 0 Å². The molecule has 0 aliphatic rings. The Morgan fingerprint density at radius 3 is 2.48 bits per heavy atom. The maximum absolute atomic E-state index is 5.84. The minimum absolute atomic E-state index is 0.572. The molecule has 7 heteroatoms. The summed E-state index contributed by atoms with van der Waals surface area (Å²) in [7, 11) is 0. The first-order valence-electron chi connectivity index (χ1n) is 6.26. The summed E-state index contributed by atoms with van der Waals surface area (Å²) in [4.78, 5) is 0. The number of nitrogen functional groups attached to an aromatic ring is 2. The summed E-state index contributed by atoms with van der Waals surface area (Å²) in [5.74, 6) is 0.584. The van der Waals surface area contributed by atoms with Crippen molar-refractivity contribution in [1.82, 2.24) is 20.2 Å². The van der Waals surface area contributed by atoms with E-state index in [2.05, 4.69) is 31.5 Å². The number of rotatable bonds is 2. The normalized spacial score (nSPS) is 10.8. The molecule has 2 aromatic carbocycles. The van der Waals surface area contributed by atoms with Gasteiger partial charge in [0.25, 0.3) is 0 Å². The fraction of sp³-hybridized carbons (Fsp3) is 0.0714. The Kier molecular flexibility index (Phi) is 3.34. The van der Waals surface area contributed by atoms with Crippen molar-refractivity contribution >= 4 is 27.3 Å². The van der Waals surface area contributed by atoms with Gasteiger partial charge in [0.15, 0.2) is 5.82 Å². The van der Waals surface area contributed by atoms with Gasteiger partial charge in [0, 0.05) is 21.4 Å². The lowest BCUT2D eigenvalue weighted by atomic mass is 10.1. The van der Waals surface area contributed by atoms with Gasteiger partial charge in [-0.25, -0.2) is 0 Å². The Hall–Kier alpha value is -2.41. The van der Waals surface area contributed by atoms with Crippen molar-refractivity contribution in [2.75, 3.05) is 11.5 Å². The van der Waals surface area contributed by atoms with Gasteiger partial charge < -0.3 is 11.5 Å². The SMILES string of the molecule is Cc1ccc(Br)c(-n2nnnc2-c2cc(N)cc(N)c2)c1. The number of benzene rings is 2. The molecule has 106 valence electrons. The highest BCUT2D eigenvalue weighted by atomic mass is 79.9. The fourth-order valence-electron chi connectivity index (χ4n) is 2.12. The van der Waals surface area contributed by atoms with Gasteiger partial charge in [-0.1, -0.05) is 6.07 Å². The zero-order valence-corrected chi connectivity index (χ0v) is 12.9. The van der Waals surface area contributed by atoms with Crippen molar-refractivity contribution in [3.8, 4) is 17.1 Å². The minimum Gasteiger partial charge on any atom is -0.399 e. The standard InChI is InChI=1S/C14H13BrN6/c1-8-2-3-12(15)13(4-8)21-14(18-19-20-21)9-5-10(16)7-11(17)6-9/h2-7H,16-17H2,1H3. The van der Waals surface area contributed by atoms with Crippen LogP contribution < -0.4 is 11.5 Å². The fourth-order valence-corrected chi connectivity index (χ4v) is 2.53. The summed E-state index contributed by atoms with van der Waals surface area (Å²) in [6.07, 6.45) is 0. The monoisotopic (exact) mass is 344 g/mol. The molecule has 0 atom stereocenters. The van der Waals surface area contributed by atoms with Crippen molar-refractivity contribution in [2.24, 2.45) is 0 Å². The van der Waals surface area contributed by atoms with Crippen LogP contribution in [-0.4, -0.2) is 20.2 Å². The molecule has 4 N–H and O–H groups in total. The molecule has 1 heterocycles. The van der Waals surface area contributed by atoms with Crippen LogP contribution in [0.3, 0.4) is 0 Å². The molecular weight excluding hydrogens is 332 g/mol. The van der Waals surface area contributed by atoms with Crippen LogP contribution in [0.15, 0.2) is 40.9 Å². The van der Waals surface area contributed by atoms with Gasteiger partial charge in [0.05, 0.1) is 5.69 Å². The molecule has 0 spiro atoms. The van der Waals surface area contributed by atoms with Crippen LogP contribution >= 0.6 is 15.9 Å². The van der Waals surface area contributed by atoms with Crippen LogP contribution in [0.2, 0.25) is 0 Å². The molecule has 21 heavy (non-hydrogen) atoms. The Morgan fingerprint density at radius 1 is 1.05 bits per heavy atom. The zero-order chi connectivity index (χ0) is 15.0. The number of aromatic nitrogens is 4. The third kappa shape index (κ3) is 2.59. The second-order valence-electron chi connectivity index (χ2n) is 4.76. The molecule has 0 aliphatic heterocycles. The quantitative estimate of drug-likeness (QED) is 0.696. The van der Waals surface area contributed by atoms with E-state index < -0.39 is 0 Å². The van der Waals surface area contributed by atoms with E-state index in [1.165, 1.54) is 0 Å². The van der Waals surface area contributed by atoms with Crippen LogP contribution in [0.5, 0.6) is 0 Å². The van der Waals surface area contributed by atoms with E-state index in [-0.39, 0.29) is 0 Å². The molecule has 0 bridgehead atoms. The van der Waals surface area contributed by atoms with E-state index in [1.807, 2.05) is 25.1 Å². The number of aryl methyl sites for hydroxylation is 1. The molecule has 0 amide bonds. The maximum Gasteiger partial charge on any atom is 0.187 e. The largest absolute Gasteiger partial charge is 0.399 e. The summed E-state index contributed by atoms with van der Waals surface area (Å²) in [6.45, 7) is 2.01. The van der Waals surface area contributed by atoms with Gasteiger partial charge in [-0.2, -0.15) is 4.68 Å². The Bertz CT molecular complexity index is 791. The van der Waals surface area contributed by atoms with Crippen molar-refractivity contribution in [2.45, 2.75) is 6.92 Å². The number of hydrogen-bond acceptors (Lipinski definition) is 5. The highest BCUT2D eigenvalue weighted by molar-refractivity contribution is 9.10. The third-order valence-corrected chi connectivity index (χ3v) is 3.71. The van der Waals surface area contributed by atoms with E-state index in [4.69, 9.17) is 11.5 Å². The van der Waals surface area contributed by atoms with Gasteiger partial charge in [-0.05, 0) is 69.2 Å². The van der Waals surface area contributed by atoms with Crippen molar-refractivity contribution < 1.29 is 0 Å². The summed E-state index contributed by atoms with van der Waals surface area (Å²) >= 11 is 3.52. The predicted octanol–water partition coefficient (Wildman–Crippen LogP) is 2.56. The number of anilines is 2. The summed E-state index contributed by atoms with van der Waals surface area (Å²) in [5, 5.41) is 11.9. The molecule has 0 unspecified atom stereocenters. The second kappa shape index (κ2) is 5.17. The summed E-state index contributed by atoms with van der Waals surface area (Å²) < 4.78 is 2.56. The van der Waals surface area contributed by atoms with E-state index in [0.717, 1.165) is 21.3 Å². The number of nitrogens with two attached hydrogens (primary N) is 2. The van der Waals surface area contributed by atoms with Crippen LogP contribution in [0.25, 0.3) is 17.1 Å². The summed E-state index contributed by atoms with van der Waals surface area (Å²) in [6, 6.07) is 11.3. The van der Waals surface area contributed by atoms with E-state index in [0.29, 0.717) is 17.2 Å². The van der Waals surface area contributed by atoms with Crippen molar-refractivity contribution in [3.63, 3.8) is 0 Å². The molecule has 1 aromatic heterocycles.